The molecule has 0 aliphatic heterocycles. The van der Waals surface area contributed by atoms with Gasteiger partial charge in [-0.3, -0.25) is 0 Å². The molecular formula is C12H18N6OS. The van der Waals surface area contributed by atoms with Gasteiger partial charge in [0.1, 0.15) is 0 Å². The van der Waals surface area contributed by atoms with Gasteiger partial charge in [-0.15, -0.1) is 5.10 Å². The Balaban J connectivity index is 1.61. The monoisotopic (exact) mass is 294 g/mol. The Hall–Kier alpha value is -1.44. The molecule has 3 rings (SSSR count). The summed E-state index contributed by atoms with van der Waals surface area (Å²) in [4.78, 5) is 4.35. The summed E-state index contributed by atoms with van der Waals surface area (Å²) in [6.07, 6.45) is 6.73. The molecule has 0 atom stereocenters. The predicted octanol–water partition coefficient (Wildman–Crippen LogP) is 2.42. The third-order valence-electron chi connectivity index (χ3n) is 3.44. The zero-order valence-corrected chi connectivity index (χ0v) is 12.3. The van der Waals surface area contributed by atoms with E-state index in [9.17, 15) is 0 Å². The number of aromatic nitrogens is 6. The number of thioether (sulfide) groups is 1. The molecule has 2 heterocycles. The maximum atomic E-state index is 5.22. The average molecular weight is 294 g/mol. The lowest BCUT2D eigenvalue weighted by Gasteiger charge is -2.09. The summed E-state index contributed by atoms with van der Waals surface area (Å²) in [6.45, 7) is 2.10. The number of tetrazole rings is 1. The highest BCUT2D eigenvalue weighted by molar-refractivity contribution is 7.98. The van der Waals surface area contributed by atoms with E-state index in [1.165, 1.54) is 25.7 Å². The molecule has 1 aliphatic rings. The summed E-state index contributed by atoms with van der Waals surface area (Å²) >= 11 is 1.56. The molecule has 0 unspecified atom stereocenters. The van der Waals surface area contributed by atoms with E-state index in [-0.39, 0.29) is 0 Å². The lowest BCUT2D eigenvalue weighted by Crippen LogP contribution is -2.08. The van der Waals surface area contributed by atoms with Crippen LogP contribution in [0.3, 0.4) is 0 Å². The van der Waals surface area contributed by atoms with Crippen molar-refractivity contribution in [2.24, 2.45) is 0 Å². The summed E-state index contributed by atoms with van der Waals surface area (Å²) in [5.41, 5.74) is 0. The van der Waals surface area contributed by atoms with Crippen molar-refractivity contribution in [2.45, 2.75) is 62.4 Å². The van der Waals surface area contributed by atoms with Crippen LogP contribution in [0.2, 0.25) is 0 Å². The van der Waals surface area contributed by atoms with Gasteiger partial charge in [-0.05, 0) is 29.7 Å². The molecule has 1 fully saturated rings. The van der Waals surface area contributed by atoms with Gasteiger partial charge in [0.25, 0.3) is 0 Å². The van der Waals surface area contributed by atoms with Gasteiger partial charge in [0.15, 0.2) is 5.82 Å². The highest BCUT2D eigenvalue weighted by Crippen LogP contribution is 2.32. The Labute approximate surface area is 121 Å². The van der Waals surface area contributed by atoms with Gasteiger partial charge in [0.2, 0.25) is 11.0 Å². The van der Waals surface area contributed by atoms with Crippen molar-refractivity contribution in [1.82, 2.24) is 30.3 Å². The Kier molecular flexibility index (Phi) is 4.29. The van der Waals surface area contributed by atoms with Gasteiger partial charge in [0.05, 0.1) is 11.8 Å². The van der Waals surface area contributed by atoms with E-state index in [0.717, 1.165) is 23.8 Å². The lowest BCUT2D eigenvalue weighted by atomic mass is 10.3. The second-order valence-corrected chi connectivity index (χ2v) is 5.93. The third-order valence-corrected chi connectivity index (χ3v) is 4.36. The van der Waals surface area contributed by atoms with Gasteiger partial charge >= 0.3 is 0 Å². The minimum absolute atomic E-state index is 0.450. The van der Waals surface area contributed by atoms with Crippen LogP contribution < -0.4 is 0 Å². The molecular weight excluding hydrogens is 276 g/mol. The van der Waals surface area contributed by atoms with Crippen molar-refractivity contribution >= 4 is 11.8 Å². The molecule has 0 amide bonds. The van der Waals surface area contributed by atoms with Crippen molar-refractivity contribution in [1.29, 1.82) is 0 Å². The maximum Gasteiger partial charge on any atom is 0.237 e. The highest BCUT2D eigenvalue weighted by Gasteiger charge is 2.22. The maximum absolute atomic E-state index is 5.22. The van der Waals surface area contributed by atoms with Crippen molar-refractivity contribution in [2.75, 3.05) is 0 Å². The van der Waals surface area contributed by atoms with E-state index in [1.54, 1.807) is 11.8 Å². The molecule has 0 spiro atoms. The standard InChI is InChI=1S/C12H18N6OS/c1-2-5-10-13-11(19-15-10)8-20-12-14-16-17-18(12)9-6-3-4-7-9/h9H,2-8H2,1H3. The topological polar surface area (TPSA) is 82.5 Å². The van der Waals surface area contributed by atoms with E-state index in [2.05, 4.69) is 32.6 Å². The van der Waals surface area contributed by atoms with Crippen LogP contribution in [0.5, 0.6) is 0 Å². The summed E-state index contributed by atoms with van der Waals surface area (Å²) in [5.74, 6) is 2.03. The van der Waals surface area contributed by atoms with Crippen LogP contribution >= 0.6 is 11.8 Å². The molecule has 1 aliphatic carbocycles. The van der Waals surface area contributed by atoms with Gasteiger partial charge in [-0.2, -0.15) is 4.98 Å². The molecule has 1 saturated carbocycles. The van der Waals surface area contributed by atoms with E-state index in [0.29, 0.717) is 17.7 Å². The van der Waals surface area contributed by atoms with Crippen molar-refractivity contribution in [3.8, 4) is 0 Å². The van der Waals surface area contributed by atoms with Crippen molar-refractivity contribution in [3.05, 3.63) is 11.7 Å². The molecule has 0 aromatic carbocycles. The summed E-state index contributed by atoms with van der Waals surface area (Å²) in [6, 6.07) is 0.450. The highest BCUT2D eigenvalue weighted by atomic mass is 32.2. The molecule has 0 N–H and O–H groups in total. The van der Waals surface area contributed by atoms with E-state index >= 15 is 0 Å². The first-order chi connectivity index (χ1) is 9.86. The number of hydrogen-bond acceptors (Lipinski definition) is 7. The normalized spacial score (nSPS) is 16.1. The van der Waals surface area contributed by atoms with Crippen LogP contribution in [0, 0.1) is 0 Å². The van der Waals surface area contributed by atoms with Gasteiger partial charge in [0, 0.05) is 6.42 Å². The molecule has 8 heteroatoms. The number of hydrogen-bond donors (Lipinski definition) is 0. The molecule has 108 valence electrons. The van der Waals surface area contributed by atoms with Gasteiger partial charge in [-0.25, -0.2) is 4.68 Å². The first kappa shape index (κ1) is 13.5. The number of aryl methyl sites for hydroxylation is 1. The van der Waals surface area contributed by atoms with Crippen molar-refractivity contribution < 1.29 is 4.52 Å². The molecule has 20 heavy (non-hydrogen) atoms. The zero-order valence-electron chi connectivity index (χ0n) is 11.5. The Bertz CT molecular complexity index is 548. The molecule has 2 aromatic heterocycles. The summed E-state index contributed by atoms with van der Waals surface area (Å²) < 4.78 is 7.17. The minimum atomic E-state index is 0.450. The van der Waals surface area contributed by atoms with Crippen LogP contribution in [-0.2, 0) is 12.2 Å². The molecule has 0 bridgehead atoms. The van der Waals surface area contributed by atoms with E-state index < -0.39 is 0 Å². The summed E-state index contributed by atoms with van der Waals surface area (Å²) in [7, 11) is 0. The largest absolute Gasteiger partial charge is 0.338 e. The molecule has 0 radical (unpaired) electrons. The van der Waals surface area contributed by atoms with Gasteiger partial charge in [-0.1, -0.05) is 36.7 Å². The van der Waals surface area contributed by atoms with Gasteiger partial charge < -0.3 is 4.52 Å². The first-order valence-corrected chi connectivity index (χ1v) is 8.07. The van der Waals surface area contributed by atoms with Crippen LogP contribution in [0.1, 0.15) is 56.8 Å². The fourth-order valence-corrected chi connectivity index (χ4v) is 3.24. The van der Waals surface area contributed by atoms with Crippen LogP contribution in [0.25, 0.3) is 0 Å². The molecule has 7 nitrogen and oxygen atoms in total. The zero-order chi connectivity index (χ0) is 13.8. The summed E-state index contributed by atoms with van der Waals surface area (Å²) in [5, 5.41) is 16.8. The van der Waals surface area contributed by atoms with Crippen LogP contribution in [0.4, 0.5) is 0 Å². The second-order valence-electron chi connectivity index (χ2n) is 4.99. The average Bonchev–Trinajstić information content (AvgIpc) is 3.18. The van der Waals surface area contributed by atoms with Crippen LogP contribution in [-0.4, -0.2) is 30.3 Å². The minimum Gasteiger partial charge on any atom is -0.338 e. The molecule has 2 aromatic rings. The number of nitrogens with zero attached hydrogens (tertiary/aromatic N) is 6. The smallest absolute Gasteiger partial charge is 0.237 e. The van der Waals surface area contributed by atoms with Crippen molar-refractivity contribution in [3.63, 3.8) is 0 Å². The van der Waals surface area contributed by atoms with E-state index in [4.69, 9.17) is 4.52 Å². The van der Waals surface area contributed by atoms with E-state index in [1.807, 2.05) is 4.68 Å². The SMILES string of the molecule is CCCc1noc(CSc2nnnn2C2CCCC2)n1. The Morgan fingerprint density at radius 2 is 2.20 bits per heavy atom. The molecule has 0 saturated heterocycles. The first-order valence-electron chi connectivity index (χ1n) is 7.09. The lowest BCUT2D eigenvalue weighted by molar-refractivity contribution is 0.384. The predicted molar refractivity (Wildman–Crippen MR) is 73.2 cm³/mol. The fraction of sp³-hybridized carbons (Fsp3) is 0.750. The second kappa shape index (κ2) is 6.34. The number of rotatable bonds is 6. The quantitative estimate of drug-likeness (QED) is 0.756. The van der Waals surface area contributed by atoms with Crippen LogP contribution in [0.15, 0.2) is 9.68 Å². The Morgan fingerprint density at radius 3 is 3.00 bits per heavy atom. The fourth-order valence-electron chi connectivity index (χ4n) is 2.46. The Morgan fingerprint density at radius 1 is 1.35 bits per heavy atom. The third kappa shape index (κ3) is 3.00.